The van der Waals surface area contributed by atoms with Gasteiger partial charge in [-0.1, -0.05) is 18.2 Å². The number of para-hydroxylation sites is 1. The number of nitrogens with zero attached hydrogens (tertiary/aromatic N) is 1. The fourth-order valence-corrected chi connectivity index (χ4v) is 1.46. The lowest BCUT2D eigenvalue weighted by Crippen LogP contribution is -2.00. The Hall–Kier alpha value is -1.87. The highest BCUT2D eigenvalue weighted by Gasteiger charge is 2.04. The number of ether oxygens (including phenoxy) is 1. The molecule has 2 rings (SSSR count). The van der Waals surface area contributed by atoms with Crippen molar-refractivity contribution in [2.24, 2.45) is 5.73 Å². The molecule has 0 bridgehead atoms. The van der Waals surface area contributed by atoms with Gasteiger partial charge in [0, 0.05) is 18.3 Å². The van der Waals surface area contributed by atoms with Crippen LogP contribution in [0.2, 0.25) is 0 Å². The Morgan fingerprint density at radius 3 is 2.75 bits per heavy atom. The van der Waals surface area contributed by atoms with Crippen LogP contribution in [0, 0.1) is 6.92 Å². The van der Waals surface area contributed by atoms with E-state index in [0.717, 1.165) is 22.6 Å². The third-order valence-corrected chi connectivity index (χ3v) is 2.40. The molecular formula is C13H14N2O. The van der Waals surface area contributed by atoms with Crippen molar-refractivity contribution < 1.29 is 4.74 Å². The van der Waals surface area contributed by atoms with E-state index in [2.05, 4.69) is 4.98 Å². The molecule has 0 saturated carbocycles. The topological polar surface area (TPSA) is 48.1 Å². The summed E-state index contributed by atoms with van der Waals surface area (Å²) in [6.07, 6.45) is 3.40. The summed E-state index contributed by atoms with van der Waals surface area (Å²) >= 11 is 0. The summed E-state index contributed by atoms with van der Waals surface area (Å²) in [4.78, 5) is 4.04. The van der Waals surface area contributed by atoms with Crippen molar-refractivity contribution in [3.63, 3.8) is 0 Å². The lowest BCUT2D eigenvalue weighted by Gasteiger charge is -2.10. The van der Waals surface area contributed by atoms with Crippen LogP contribution < -0.4 is 10.5 Å². The molecule has 0 aliphatic heterocycles. The van der Waals surface area contributed by atoms with Crippen LogP contribution in [-0.2, 0) is 6.54 Å². The van der Waals surface area contributed by atoms with Gasteiger partial charge in [0.15, 0.2) is 0 Å². The Bertz CT molecular complexity index is 483. The van der Waals surface area contributed by atoms with Crippen LogP contribution in [-0.4, -0.2) is 4.98 Å². The minimum atomic E-state index is 0.448. The first-order valence-corrected chi connectivity index (χ1v) is 5.17. The maximum atomic E-state index is 5.79. The van der Waals surface area contributed by atoms with Gasteiger partial charge in [0.05, 0.1) is 6.20 Å². The lowest BCUT2D eigenvalue weighted by atomic mass is 10.2. The molecule has 3 heteroatoms. The maximum Gasteiger partial charge on any atom is 0.150 e. The Morgan fingerprint density at radius 2 is 2.00 bits per heavy atom. The van der Waals surface area contributed by atoms with Gasteiger partial charge < -0.3 is 10.5 Å². The highest BCUT2D eigenvalue weighted by molar-refractivity contribution is 5.39. The first kappa shape index (κ1) is 10.6. The van der Waals surface area contributed by atoms with Gasteiger partial charge in [-0.05, 0) is 24.6 Å². The fourth-order valence-electron chi connectivity index (χ4n) is 1.46. The second-order valence-electron chi connectivity index (χ2n) is 3.56. The molecule has 82 valence electrons. The number of hydrogen-bond donors (Lipinski definition) is 1. The van der Waals surface area contributed by atoms with Gasteiger partial charge in [-0.15, -0.1) is 0 Å². The van der Waals surface area contributed by atoms with Crippen LogP contribution in [0.3, 0.4) is 0 Å². The zero-order valence-electron chi connectivity index (χ0n) is 9.18. The summed E-state index contributed by atoms with van der Waals surface area (Å²) in [5.41, 5.74) is 7.68. The van der Waals surface area contributed by atoms with Gasteiger partial charge in [-0.3, -0.25) is 4.98 Å². The van der Waals surface area contributed by atoms with Crippen LogP contribution in [0.15, 0.2) is 42.7 Å². The molecule has 2 N–H and O–H groups in total. The van der Waals surface area contributed by atoms with Crippen molar-refractivity contribution in [1.82, 2.24) is 4.98 Å². The highest BCUT2D eigenvalue weighted by atomic mass is 16.5. The van der Waals surface area contributed by atoms with E-state index in [1.165, 1.54) is 0 Å². The standard InChI is InChI=1S/C13H14N2O/c1-10-4-2-3-5-12(10)16-13-9-15-7-6-11(13)8-14/h2-7,9H,8,14H2,1H3. The number of aromatic nitrogens is 1. The second kappa shape index (κ2) is 4.77. The molecule has 2 aromatic rings. The number of benzene rings is 1. The normalized spacial score (nSPS) is 10.1. The molecule has 0 radical (unpaired) electrons. The predicted molar refractivity (Wildman–Crippen MR) is 63.4 cm³/mol. The Balaban J connectivity index is 2.30. The largest absolute Gasteiger partial charge is 0.455 e. The molecule has 0 spiro atoms. The van der Waals surface area contributed by atoms with Crippen LogP contribution >= 0.6 is 0 Å². The molecule has 0 atom stereocenters. The van der Waals surface area contributed by atoms with E-state index in [-0.39, 0.29) is 0 Å². The molecule has 0 aliphatic rings. The van der Waals surface area contributed by atoms with Gasteiger partial charge in [-0.2, -0.15) is 0 Å². The third-order valence-electron chi connectivity index (χ3n) is 2.40. The lowest BCUT2D eigenvalue weighted by molar-refractivity contribution is 0.470. The molecule has 1 aromatic carbocycles. The van der Waals surface area contributed by atoms with Gasteiger partial charge in [0.25, 0.3) is 0 Å². The second-order valence-corrected chi connectivity index (χ2v) is 3.56. The van der Waals surface area contributed by atoms with Gasteiger partial charge >= 0.3 is 0 Å². The van der Waals surface area contributed by atoms with Gasteiger partial charge in [0.1, 0.15) is 11.5 Å². The fraction of sp³-hybridized carbons (Fsp3) is 0.154. The zero-order valence-corrected chi connectivity index (χ0v) is 9.18. The molecule has 0 amide bonds. The van der Waals surface area contributed by atoms with Crippen molar-refractivity contribution in [3.8, 4) is 11.5 Å². The number of nitrogens with two attached hydrogens (primary N) is 1. The minimum Gasteiger partial charge on any atom is -0.455 e. The van der Waals surface area contributed by atoms with E-state index in [1.54, 1.807) is 12.4 Å². The first-order chi connectivity index (χ1) is 7.81. The Morgan fingerprint density at radius 1 is 1.19 bits per heavy atom. The van der Waals surface area contributed by atoms with E-state index in [4.69, 9.17) is 10.5 Å². The predicted octanol–water partition coefficient (Wildman–Crippen LogP) is 2.64. The van der Waals surface area contributed by atoms with Crippen molar-refractivity contribution in [1.29, 1.82) is 0 Å². The Labute approximate surface area is 94.9 Å². The zero-order chi connectivity index (χ0) is 11.4. The summed E-state index contributed by atoms with van der Waals surface area (Å²) in [7, 11) is 0. The van der Waals surface area contributed by atoms with Gasteiger partial charge in [-0.25, -0.2) is 0 Å². The molecule has 0 saturated heterocycles. The molecule has 1 aromatic heterocycles. The monoisotopic (exact) mass is 214 g/mol. The summed E-state index contributed by atoms with van der Waals surface area (Å²) < 4.78 is 5.79. The van der Waals surface area contributed by atoms with Crippen LogP contribution in [0.5, 0.6) is 11.5 Å². The van der Waals surface area contributed by atoms with Crippen molar-refractivity contribution in [2.75, 3.05) is 0 Å². The summed E-state index contributed by atoms with van der Waals surface area (Å²) in [6.45, 7) is 2.46. The Kier molecular flexibility index (Phi) is 3.17. The summed E-state index contributed by atoms with van der Waals surface area (Å²) in [5.74, 6) is 1.56. The third kappa shape index (κ3) is 2.20. The SMILES string of the molecule is Cc1ccccc1Oc1cnccc1CN. The van der Waals surface area contributed by atoms with Crippen molar-refractivity contribution >= 4 is 0 Å². The minimum absolute atomic E-state index is 0.448. The maximum absolute atomic E-state index is 5.79. The summed E-state index contributed by atoms with van der Waals surface area (Å²) in [5, 5.41) is 0. The average Bonchev–Trinajstić information content (AvgIpc) is 2.33. The van der Waals surface area contributed by atoms with E-state index >= 15 is 0 Å². The molecular weight excluding hydrogens is 200 g/mol. The number of hydrogen-bond acceptors (Lipinski definition) is 3. The smallest absolute Gasteiger partial charge is 0.150 e. The summed E-state index contributed by atoms with van der Waals surface area (Å²) in [6, 6.07) is 9.74. The molecule has 1 heterocycles. The van der Waals surface area contributed by atoms with Crippen LogP contribution in [0.25, 0.3) is 0 Å². The number of pyridine rings is 1. The number of rotatable bonds is 3. The highest BCUT2D eigenvalue weighted by Crippen LogP contribution is 2.26. The molecule has 3 nitrogen and oxygen atoms in total. The van der Waals surface area contributed by atoms with Crippen molar-refractivity contribution in [3.05, 3.63) is 53.9 Å². The van der Waals surface area contributed by atoms with Crippen LogP contribution in [0.1, 0.15) is 11.1 Å². The number of aryl methyl sites for hydroxylation is 1. The first-order valence-electron chi connectivity index (χ1n) is 5.17. The molecule has 0 fully saturated rings. The van der Waals surface area contributed by atoms with Crippen LogP contribution in [0.4, 0.5) is 0 Å². The van der Waals surface area contributed by atoms with Gasteiger partial charge in [0.2, 0.25) is 0 Å². The quantitative estimate of drug-likeness (QED) is 0.854. The van der Waals surface area contributed by atoms with E-state index in [9.17, 15) is 0 Å². The van der Waals surface area contributed by atoms with Crippen molar-refractivity contribution in [2.45, 2.75) is 13.5 Å². The van der Waals surface area contributed by atoms with E-state index in [1.807, 2.05) is 37.3 Å². The molecule has 0 aliphatic carbocycles. The average molecular weight is 214 g/mol. The van der Waals surface area contributed by atoms with E-state index < -0.39 is 0 Å². The molecule has 16 heavy (non-hydrogen) atoms. The molecule has 0 unspecified atom stereocenters. The van der Waals surface area contributed by atoms with E-state index in [0.29, 0.717) is 6.54 Å².